The molecule has 1 saturated carbocycles. The molecular formula is C20H31N3O2. The maximum atomic E-state index is 12.0. The van der Waals surface area contributed by atoms with Crippen molar-refractivity contribution in [1.82, 2.24) is 10.2 Å². The van der Waals surface area contributed by atoms with E-state index in [2.05, 4.69) is 34.2 Å². The molecule has 1 aliphatic heterocycles. The van der Waals surface area contributed by atoms with Crippen LogP contribution in [0.2, 0.25) is 0 Å². The molecule has 138 valence electrons. The Balaban J connectivity index is 1.34. The van der Waals surface area contributed by atoms with Crippen molar-refractivity contribution in [1.29, 1.82) is 0 Å². The van der Waals surface area contributed by atoms with E-state index in [4.69, 9.17) is 4.74 Å². The fraction of sp³-hybridized carbons (Fsp3) is 0.650. The van der Waals surface area contributed by atoms with Gasteiger partial charge in [-0.1, -0.05) is 19.1 Å². The molecule has 5 heteroatoms. The molecule has 1 N–H and O–H groups in total. The molecule has 0 aromatic heterocycles. The summed E-state index contributed by atoms with van der Waals surface area (Å²) < 4.78 is 5.47. The van der Waals surface area contributed by atoms with Crippen molar-refractivity contribution >= 4 is 11.6 Å². The van der Waals surface area contributed by atoms with Gasteiger partial charge in [-0.15, -0.1) is 0 Å². The number of amides is 1. The fourth-order valence-electron chi connectivity index (χ4n) is 3.59. The number of piperazine rings is 1. The van der Waals surface area contributed by atoms with E-state index in [1.165, 1.54) is 18.5 Å². The summed E-state index contributed by atoms with van der Waals surface area (Å²) in [4.78, 5) is 16.9. The van der Waals surface area contributed by atoms with E-state index in [9.17, 15) is 4.79 Å². The van der Waals surface area contributed by atoms with Crippen LogP contribution in [0.4, 0.5) is 5.69 Å². The average Bonchev–Trinajstić information content (AvgIpc) is 3.50. The molecular weight excluding hydrogens is 314 g/mol. The summed E-state index contributed by atoms with van der Waals surface area (Å²) in [6, 6.07) is 8.23. The number of carbonyl (C=O) groups is 1. The third kappa shape index (κ3) is 4.88. The molecule has 25 heavy (non-hydrogen) atoms. The number of rotatable bonds is 8. The Morgan fingerprint density at radius 2 is 1.96 bits per heavy atom. The van der Waals surface area contributed by atoms with Crippen LogP contribution < -0.4 is 15.0 Å². The lowest BCUT2D eigenvalue weighted by atomic mass is 10.1. The van der Waals surface area contributed by atoms with Gasteiger partial charge in [0.05, 0.1) is 12.8 Å². The number of anilines is 1. The van der Waals surface area contributed by atoms with Gasteiger partial charge in [-0.3, -0.25) is 9.69 Å². The SMILES string of the molecule is COc1ccccc1N1CCN(CCCNC(=O)C(C)C2CC2)CC1. The molecule has 1 aliphatic carbocycles. The smallest absolute Gasteiger partial charge is 0.223 e. The van der Waals surface area contributed by atoms with E-state index in [0.717, 1.165) is 51.4 Å². The van der Waals surface area contributed by atoms with Gasteiger partial charge in [-0.25, -0.2) is 0 Å². The van der Waals surface area contributed by atoms with Gasteiger partial charge in [0.1, 0.15) is 5.75 Å². The number of hydrogen-bond donors (Lipinski definition) is 1. The summed E-state index contributed by atoms with van der Waals surface area (Å²) in [6.07, 6.45) is 3.48. The predicted octanol–water partition coefficient (Wildman–Crippen LogP) is 2.37. The first kappa shape index (κ1) is 18.1. The Hall–Kier alpha value is -1.75. The molecule has 1 unspecified atom stereocenters. The zero-order chi connectivity index (χ0) is 17.6. The molecule has 0 spiro atoms. The molecule has 2 aliphatic rings. The van der Waals surface area contributed by atoms with E-state index in [1.807, 2.05) is 12.1 Å². The summed E-state index contributed by atoms with van der Waals surface area (Å²) in [5.74, 6) is 2.03. The second-order valence-electron chi connectivity index (χ2n) is 7.27. The van der Waals surface area contributed by atoms with Crippen LogP contribution in [0.5, 0.6) is 5.75 Å². The lowest BCUT2D eigenvalue weighted by Gasteiger charge is -2.36. The van der Waals surface area contributed by atoms with Gasteiger partial charge in [0.25, 0.3) is 0 Å². The summed E-state index contributed by atoms with van der Waals surface area (Å²) in [7, 11) is 1.73. The van der Waals surface area contributed by atoms with Crippen molar-refractivity contribution in [2.75, 3.05) is 51.3 Å². The van der Waals surface area contributed by atoms with Crippen LogP contribution in [0, 0.1) is 11.8 Å². The maximum absolute atomic E-state index is 12.0. The predicted molar refractivity (Wildman–Crippen MR) is 101 cm³/mol. The van der Waals surface area contributed by atoms with Crippen LogP contribution in [-0.2, 0) is 4.79 Å². The molecule has 1 aromatic rings. The minimum Gasteiger partial charge on any atom is -0.495 e. The molecule has 5 nitrogen and oxygen atoms in total. The van der Waals surface area contributed by atoms with Gasteiger partial charge in [0.15, 0.2) is 0 Å². The Morgan fingerprint density at radius 3 is 2.64 bits per heavy atom. The topological polar surface area (TPSA) is 44.8 Å². The maximum Gasteiger partial charge on any atom is 0.223 e. The Labute approximate surface area is 151 Å². The van der Waals surface area contributed by atoms with Crippen molar-refractivity contribution in [3.05, 3.63) is 24.3 Å². The first-order valence-corrected chi connectivity index (χ1v) is 9.57. The molecule has 3 rings (SSSR count). The Morgan fingerprint density at radius 1 is 1.24 bits per heavy atom. The average molecular weight is 345 g/mol. The van der Waals surface area contributed by atoms with Crippen molar-refractivity contribution in [2.45, 2.75) is 26.2 Å². The van der Waals surface area contributed by atoms with Crippen molar-refractivity contribution in [2.24, 2.45) is 11.8 Å². The molecule has 1 aromatic carbocycles. The monoisotopic (exact) mass is 345 g/mol. The minimum atomic E-state index is 0.199. The second-order valence-corrected chi connectivity index (χ2v) is 7.27. The van der Waals surface area contributed by atoms with Crippen LogP contribution in [-0.4, -0.2) is 57.2 Å². The molecule has 0 radical (unpaired) electrons. The highest BCUT2D eigenvalue weighted by molar-refractivity contribution is 5.78. The van der Waals surface area contributed by atoms with E-state index in [0.29, 0.717) is 5.92 Å². The molecule has 1 heterocycles. The van der Waals surface area contributed by atoms with Crippen LogP contribution in [0.3, 0.4) is 0 Å². The van der Waals surface area contributed by atoms with Crippen LogP contribution in [0.1, 0.15) is 26.2 Å². The molecule has 2 fully saturated rings. The lowest BCUT2D eigenvalue weighted by molar-refractivity contribution is -0.125. The standard InChI is InChI=1S/C20H31N3O2/c1-16(17-8-9-17)20(24)21-10-5-11-22-12-14-23(15-13-22)18-6-3-4-7-19(18)25-2/h3-4,6-7,16-17H,5,8-15H2,1-2H3,(H,21,24). The first-order chi connectivity index (χ1) is 12.2. The molecule has 1 amide bonds. The Bertz CT molecular complexity index is 566. The second kappa shape index (κ2) is 8.56. The van der Waals surface area contributed by atoms with Gasteiger partial charge in [-0.2, -0.15) is 0 Å². The third-order valence-electron chi connectivity index (χ3n) is 5.49. The van der Waals surface area contributed by atoms with Crippen LogP contribution >= 0.6 is 0 Å². The number of methoxy groups -OCH3 is 1. The van der Waals surface area contributed by atoms with Gasteiger partial charge in [0.2, 0.25) is 5.91 Å². The van der Waals surface area contributed by atoms with Crippen molar-refractivity contribution < 1.29 is 9.53 Å². The van der Waals surface area contributed by atoms with Gasteiger partial charge < -0.3 is 15.0 Å². The highest BCUT2D eigenvalue weighted by Crippen LogP contribution is 2.36. The molecule has 1 atom stereocenters. The van der Waals surface area contributed by atoms with Gasteiger partial charge in [0, 0.05) is 38.6 Å². The summed E-state index contributed by atoms with van der Waals surface area (Å²) in [6.45, 7) is 8.07. The highest BCUT2D eigenvalue weighted by Gasteiger charge is 2.32. The normalized spacial score (nSPS) is 19.5. The van der Waals surface area contributed by atoms with E-state index in [-0.39, 0.29) is 11.8 Å². The minimum absolute atomic E-state index is 0.199. The number of nitrogens with zero attached hydrogens (tertiary/aromatic N) is 2. The third-order valence-corrected chi connectivity index (χ3v) is 5.49. The van der Waals surface area contributed by atoms with E-state index < -0.39 is 0 Å². The molecule has 1 saturated heterocycles. The van der Waals surface area contributed by atoms with Crippen molar-refractivity contribution in [3.8, 4) is 5.75 Å². The number of para-hydroxylation sites is 2. The molecule has 0 bridgehead atoms. The Kier molecular flexibility index (Phi) is 6.19. The van der Waals surface area contributed by atoms with Crippen LogP contribution in [0.25, 0.3) is 0 Å². The van der Waals surface area contributed by atoms with E-state index in [1.54, 1.807) is 7.11 Å². The number of hydrogen-bond acceptors (Lipinski definition) is 4. The van der Waals surface area contributed by atoms with Crippen LogP contribution in [0.15, 0.2) is 24.3 Å². The summed E-state index contributed by atoms with van der Waals surface area (Å²) in [5.41, 5.74) is 1.19. The number of nitrogens with one attached hydrogen (secondary N) is 1. The summed E-state index contributed by atoms with van der Waals surface area (Å²) >= 11 is 0. The van der Waals surface area contributed by atoms with E-state index >= 15 is 0 Å². The zero-order valence-electron chi connectivity index (χ0n) is 15.5. The summed E-state index contributed by atoms with van der Waals surface area (Å²) in [5, 5.41) is 3.10. The highest BCUT2D eigenvalue weighted by atomic mass is 16.5. The quantitative estimate of drug-likeness (QED) is 0.735. The number of ether oxygens (including phenoxy) is 1. The largest absolute Gasteiger partial charge is 0.495 e. The lowest BCUT2D eigenvalue weighted by Crippen LogP contribution is -2.47. The first-order valence-electron chi connectivity index (χ1n) is 9.57. The fourth-order valence-corrected chi connectivity index (χ4v) is 3.59. The number of carbonyl (C=O) groups excluding carboxylic acids is 1. The number of benzene rings is 1. The van der Waals surface area contributed by atoms with Gasteiger partial charge >= 0.3 is 0 Å². The van der Waals surface area contributed by atoms with Crippen molar-refractivity contribution in [3.63, 3.8) is 0 Å². The van der Waals surface area contributed by atoms with Gasteiger partial charge in [-0.05, 0) is 43.9 Å². The zero-order valence-corrected chi connectivity index (χ0v) is 15.5.